The fourth-order valence-corrected chi connectivity index (χ4v) is 4.58. The van der Waals surface area contributed by atoms with Gasteiger partial charge in [-0.3, -0.25) is 4.79 Å². The number of aryl methyl sites for hydroxylation is 3. The number of hydrogen-bond acceptors (Lipinski definition) is 5. The van der Waals surface area contributed by atoms with Crippen LogP contribution in [0.2, 0.25) is 0 Å². The number of benzene rings is 1. The number of aromatic nitrogens is 3. The van der Waals surface area contributed by atoms with Crippen molar-refractivity contribution < 1.29 is 13.2 Å². The van der Waals surface area contributed by atoms with Gasteiger partial charge in [-0.15, -0.1) is 0 Å². The third-order valence-electron chi connectivity index (χ3n) is 4.08. The molecule has 0 radical (unpaired) electrons. The first-order valence-corrected chi connectivity index (χ1v) is 9.92. The Balaban J connectivity index is 1.64. The summed E-state index contributed by atoms with van der Waals surface area (Å²) in [5.74, 6) is 0.154. The smallest absolute Gasteiger partial charge is 0.241 e. The molecule has 0 fully saturated rings. The molecule has 0 atom stereocenters. The zero-order valence-corrected chi connectivity index (χ0v) is 16.2. The molecule has 9 heteroatoms. The maximum atomic E-state index is 12.6. The number of nitrogens with zero attached hydrogens (tertiary/aromatic N) is 3. The van der Waals surface area contributed by atoms with Crippen molar-refractivity contribution in [3.05, 3.63) is 53.3 Å². The zero-order valence-electron chi connectivity index (χ0n) is 15.4. The van der Waals surface area contributed by atoms with Gasteiger partial charge in [-0.05, 0) is 38.0 Å². The van der Waals surface area contributed by atoms with Gasteiger partial charge in [0.05, 0.1) is 11.1 Å². The third-order valence-corrected chi connectivity index (χ3v) is 5.84. The van der Waals surface area contributed by atoms with E-state index in [4.69, 9.17) is 0 Å². The van der Waals surface area contributed by atoms with Crippen LogP contribution < -0.4 is 10.0 Å². The Morgan fingerprint density at radius 1 is 1.11 bits per heavy atom. The number of rotatable bonds is 6. The van der Waals surface area contributed by atoms with Crippen LogP contribution in [0.1, 0.15) is 23.1 Å². The lowest BCUT2D eigenvalue weighted by Gasteiger charge is -2.13. The van der Waals surface area contributed by atoms with Gasteiger partial charge in [-0.2, -0.15) is 9.61 Å². The fourth-order valence-electron chi connectivity index (χ4n) is 3.10. The van der Waals surface area contributed by atoms with Crippen LogP contribution in [0, 0.1) is 20.8 Å². The summed E-state index contributed by atoms with van der Waals surface area (Å²) in [6, 6.07) is 7.00. The van der Waals surface area contributed by atoms with Crippen molar-refractivity contribution in [3.8, 4) is 0 Å². The third kappa shape index (κ3) is 4.15. The van der Waals surface area contributed by atoms with Crippen molar-refractivity contribution >= 4 is 27.4 Å². The minimum absolute atomic E-state index is 0.00568. The van der Waals surface area contributed by atoms with Crippen molar-refractivity contribution in [2.24, 2.45) is 0 Å². The largest absolute Gasteiger partial charge is 0.310 e. The van der Waals surface area contributed by atoms with Gasteiger partial charge in [-0.25, -0.2) is 18.1 Å². The number of sulfonamides is 1. The number of amides is 1. The molecule has 0 aliphatic rings. The van der Waals surface area contributed by atoms with Crippen molar-refractivity contribution in [2.75, 3.05) is 11.9 Å². The Morgan fingerprint density at radius 2 is 1.81 bits per heavy atom. The summed E-state index contributed by atoms with van der Waals surface area (Å²) in [6.07, 6.45) is 3.14. The maximum Gasteiger partial charge on any atom is 0.241 e. The average molecular weight is 387 g/mol. The molecule has 0 saturated carbocycles. The Morgan fingerprint density at radius 3 is 2.52 bits per heavy atom. The van der Waals surface area contributed by atoms with Crippen LogP contribution >= 0.6 is 0 Å². The number of anilines is 1. The minimum atomic E-state index is -3.69. The standard InChI is InChI=1S/C18H21N5O3S/c1-12-10-13(2)18(14(3)11-12)27(25,26)21-9-6-17(24)22-16-4-7-19-15-5-8-20-23(15)16/h4-5,7-8,10-11,21H,6,9H2,1-3H3,(H,22,24). The Hall–Kier alpha value is -2.78. The van der Waals surface area contributed by atoms with E-state index < -0.39 is 10.0 Å². The molecule has 0 unspecified atom stereocenters. The van der Waals surface area contributed by atoms with E-state index in [-0.39, 0.29) is 23.8 Å². The molecule has 27 heavy (non-hydrogen) atoms. The minimum Gasteiger partial charge on any atom is -0.310 e. The highest BCUT2D eigenvalue weighted by atomic mass is 32.2. The molecule has 0 spiro atoms. The SMILES string of the molecule is Cc1cc(C)c(S(=O)(=O)NCCC(=O)Nc2ccnc3ccnn23)c(C)c1. The highest BCUT2D eigenvalue weighted by Gasteiger charge is 2.20. The van der Waals surface area contributed by atoms with Crippen LogP contribution in [0.15, 0.2) is 41.6 Å². The zero-order chi connectivity index (χ0) is 19.6. The molecule has 0 aliphatic heterocycles. The van der Waals surface area contributed by atoms with Gasteiger partial charge in [-0.1, -0.05) is 17.7 Å². The molecule has 3 rings (SSSR count). The second-order valence-corrected chi connectivity index (χ2v) is 8.06. The molecule has 3 aromatic rings. The highest BCUT2D eigenvalue weighted by Crippen LogP contribution is 2.21. The first-order valence-electron chi connectivity index (χ1n) is 8.44. The van der Waals surface area contributed by atoms with Crippen molar-refractivity contribution in [3.63, 3.8) is 0 Å². The van der Waals surface area contributed by atoms with Crippen LogP contribution in [0.4, 0.5) is 5.82 Å². The van der Waals surface area contributed by atoms with Gasteiger partial charge >= 0.3 is 0 Å². The molecule has 0 aliphatic carbocycles. The molecule has 2 aromatic heterocycles. The molecule has 0 bridgehead atoms. The molecule has 2 heterocycles. The van der Waals surface area contributed by atoms with E-state index >= 15 is 0 Å². The van der Waals surface area contributed by atoms with E-state index in [2.05, 4.69) is 20.1 Å². The number of nitrogens with one attached hydrogen (secondary N) is 2. The molecule has 0 saturated heterocycles. The molecular weight excluding hydrogens is 366 g/mol. The van der Waals surface area contributed by atoms with Crippen LogP contribution in [0.25, 0.3) is 5.65 Å². The van der Waals surface area contributed by atoms with Crippen LogP contribution in [-0.4, -0.2) is 35.5 Å². The van der Waals surface area contributed by atoms with E-state index in [9.17, 15) is 13.2 Å². The van der Waals surface area contributed by atoms with Gasteiger partial charge in [0.15, 0.2) is 5.65 Å². The molecular formula is C18H21N5O3S. The Bertz CT molecular complexity index is 1080. The van der Waals surface area contributed by atoms with Crippen LogP contribution in [-0.2, 0) is 14.8 Å². The average Bonchev–Trinajstić information content (AvgIpc) is 3.03. The van der Waals surface area contributed by atoms with Gasteiger partial charge in [0.2, 0.25) is 15.9 Å². The lowest BCUT2D eigenvalue weighted by molar-refractivity contribution is -0.116. The summed E-state index contributed by atoms with van der Waals surface area (Å²) in [7, 11) is -3.69. The number of carbonyl (C=O) groups is 1. The monoisotopic (exact) mass is 387 g/mol. The number of hydrogen-bond donors (Lipinski definition) is 2. The van der Waals surface area contributed by atoms with Gasteiger partial charge < -0.3 is 5.32 Å². The van der Waals surface area contributed by atoms with Crippen molar-refractivity contribution in [1.82, 2.24) is 19.3 Å². The summed E-state index contributed by atoms with van der Waals surface area (Å²) in [5, 5.41) is 6.80. The number of fused-ring (bicyclic) bond motifs is 1. The number of carbonyl (C=O) groups excluding carboxylic acids is 1. The lowest BCUT2D eigenvalue weighted by Crippen LogP contribution is -2.29. The van der Waals surface area contributed by atoms with Crippen molar-refractivity contribution in [2.45, 2.75) is 32.1 Å². The topological polar surface area (TPSA) is 105 Å². The van der Waals surface area contributed by atoms with Crippen LogP contribution in [0.5, 0.6) is 0 Å². The van der Waals surface area contributed by atoms with E-state index in [1.165, 1.54) is 4.52 Å². The Kier molecular flexibility index (Phi) is 5.24. The van der Waals surface area contributed by atoms with Crippen LogP contribution in [0.3, 0.4) is 0 Å². The molecule has 8 nitrogen and oxygen atoms in total. The molecule has 142 valence electrons. The molecule has 1 amide bonds. The van der Waals surface area contributed by atoms with E-state index in [0.29, 0.717) is 22.6 Å². The lowest BCUT2D eigenvalue weighted by atomic mass is 10.1. The Labute approximate surface area is 157 Å². The first kappa shape index (κ1) is 19.0. The summed E-state index contributed by atoms with van der Waals surface area (Å²) >= 11 is 0. The quantitative estimate of drug-likeness (QED) is 0.673. The second-order valence-electron chi connectivity index (χ2n) is 6.36. The van der Waals surface area contributed by atoms with Gasteiger partial charge in [0, 0.05) is 25.2 Å². The summed E-state index contributed by atoms with van der Waals surface area (Å²) < 4.78 is 29.2. The van der Waals surface area contributed by atoms with Gasteiger partial charge in [0.1, 0.15) is 5.82 Å². The highest BCUT2D eigenvalue weighted by molar-refractivity contribution is 7.89. The first-order chi connectivity index (χ1) is 12.8. The summed E-state index contributed by atoms with van der Waals surface area (Å²) in [5.41, 5.74) is 2.98. The van der Waals surface area contributed by atoms with E-state index in [1.807, 2.05) is 19.1 Å². The van der Waals surface area contributed by atoms with E-state index in [1.54, 1.807) is 38.4 Å². The molecule has 1 aromatic carbocycles. The molecule has 2 N–H and O–H groups in total. The second kappa shape index (κ2) is 7.45. The fraction of sp³-hybridized carbons (Fsp3) is 0.278. The maximum absolute atomic E-state index is 12.6. The normalized spacial score (nSPS) is 11.7. The van der Waals surface area contributed by atoms with Crippen molar-refractivity contribution in [1.29, 1.82) is 0 Å². The summed E-state index contributed by atoms with van der Waals surface area (Å²) in [4.78, 5) is 16.6. The van der Waals surface area contributed by atoms with E-state index in [0.717, 1.165) is 5.56 Å². The predicted molar refractivity (Wildman–Crippen MR) is 102 cm³/mol. The van der Waals surface area contributed by atoms with Gasteiger partial charge in [0.25, 0.3) is 0 Å². The predicted octanol–water partition coefficient (Wildman–Crippen LogP) is 1.96. The summed E-state index contributed by atoms with van der Waals surface area (Å²) in [6.45, 7) is 5.44.